The summed E-state index contributed by atoms with van der Waals surface area (Å²) in [5.41, 5.74) is 6.80. The molecule has 0 saturated heterocycles. The molecule has 0 aliphatic carbocycles. The van der Waals surface area contributed by atoms with Crippen LogP contribution in [0, 0.1) is 34.0 Å². The number of aromatic nitrogens is 2. The van der Waals surface area contributed by atoms with Crippen LogP contribution in [0.5, 0.6) is 0 Å². The minimum atomic E-state index is -5.08. The highest BCUT2D eigenvalue weighted by Crippen LogP contribution is 2.45. The van der Waals surface area contributed by atoms with E-state index in [4.69, 9.17) is 0 Å². The van der Waals surface area contributed by atoms with Gasteiger partial charge in [-0.3, -0.25) is 0 Å². The molecule has 0 unspecified atom stereocenters. The second-order valence-corrected chi connectivity index (χ2v) is 16.9. The molecule has 0 radical (unpaired) electrons. The van der Waals surface area contributed by atoms with Crippen LogP contribution in [0.2, 0.25) is 0 Å². The van der Waals surface area contributed by atoms with Gasteiger partial charge in [0.15, 0.2) is 0 Å². The molecule has 0 aliphatic rings. The molecule has 2 heterocycles. The van der Waals surface area contributed by atoms with Gasteiger partial charge >= 0.3 is 12.4 Å². The number of hydrogen-bond donors (Lipinski definition) is 0. The van der Waals surface area contributed by atoms with E-state index in [1.165, 1.54) is 6.07 Å². The number of alkyl halides is 6. The number of nitriles is 3. The highest BCUT2D eigenvalue weighted by Gasteiger charge is 2.37. The third kappa shape index (κ3) is 7.36. The third-order valence-electron chi connectivity index (χ3n) is 12.8. The zero-order valence-electron chi connectivity index (χ0n) is 36.4. The summed E-state index contributed by atoms with van der Waals surface area (Å²) >= 11 is 0. The lowest BCUT2D eigenvalue weighted by molar-refractivity contribution is -0.143. The zero-order valence-corrected chi connectivity index (χ0v) is 36.4. The van der Waals surface area contributed by atoms with Crippen LogP contribution >= 0.6 is 0 Å². The van der Waals surface area contributed by atoms with Gasteiger partial charge in [-0.05, 0) is 137 Å². The van der Waals surface area contributed by atoms with E-state index < -0.39 is 23.5 Å². The van der Waals surface area contributed by atoms with Crippen LogP contribution in [0.1, 0.15) is 27.8 Å². The van der Waals surface area contributed by atoms with Gasteiger partial charge in [0.1, 0.15) is 0 Å². The molecule has 2 aromatic heterocycles. The molecule has 0 aliphatic heterocycles. The van der Waals surface area contributed by atoms with Gasteiger partial charge in [-0.1, -0.05) is 84.9 Å². The van der Waals surface area contributed by atoms with E-state index in [1.807, 2.05) is 114 Å². The standard InChI is InChI=1S/C59H31F6N5/c60-58(61,62)44-26-43(27-45(31-44)59(63,64)65)42-16-19-48(57(30-42)70-53-14-4-2-12-47(53)51-29-41(18-22-56(51)70)39-10-6-8-36(24-39)33-67)49-25-37(34-68)15-20-54(49)69-52-13-3-1-11-46(52)50-28-40(17-21-55(50)69)38-9-5-7-35(23-38)32-66/h1-31H. The Hall–Kier alpha value is -9.37. The predicted octanol–water partition coefficient (Wildman–Crippen LogP) is 16.2. The van der Waals surface area contributed by atoms with E-state index in [-0.39, 0.29) is 17.2 Å². The first kappa shape index (κ1) is 43.2. The van der Waals surface area contributed by atoms with Crippen molar-refractivity contribution < 1.29 is 26.3 Å². The fourth-order valence-electron chi connectivity index (χ4n) is 9.62. The van der Waals surface area contributed by atoms with E-state index in [0.29, 0.717) is 50.2 Å². The molecule has 0 N–H and O–H groups in total. The molecular weight excluding hydrogens is 893 g/mol. The third-order valence-corrected chi connectivity index (χ3v) is 12.8. The Morgan fingerprint density at radius 1 is 0.314 bits per heavy atom. The first-order valence-corrected chi connectivity index (χ1v) is 21.9. The van der Waals surface area contributed by atoms with Crippen molar-refractivity contribution in [2.75, 3.05) is 0 Å². The molecule has 0 saturated carbocycles. The molecule has 70 heavy (non-hydrogen) atoms. The minimum Gasteiger partial charge on any atom is -0.309 e. The van der Waals surface area contributed by atoms with Crippen LogP contribution in [0.15, 0.2) is 188 Å². The Bertz CT molecular complexity index is 4060. The first-order valence-electron chi connectivity index (χ1n) is 21.9. The Kier molecular flexibility index (Phi) is 10.2. The quantitative estimate of drug-likeness (QED) is 0.156. The molecule has 0 amide bonds. The van der Waals surface area contributed by atoms with Gasteiger partial charge in [-0.15, -0.1) is 0 Å². The van der Waals surface area contributed by atoms with Gasteiger partial charge in [-0.2, -0.15) is 42.1 Å². The van der Waals surface area contributed by atoms with Crippen molar-refractivity contribution >= 4 is 43.6 Å². The molecule has 11 heteroatoms. The molecule has 0 spiro atoms. The van der Waals surface area contributed by atoms with Gasteiger partial charge in [-0.25, -0.2) is 0 Å². The molecule has 5 nitrogen and oxygen atoms in total. The zero-order chi connectivity index (χ0) is 48.5. The Labute approximate surface area is 395 Å². The number of halogens is 6. The summed E-state index contributed by atoms with van der Waals surface area (Å²) in [5.74, 6) is 0. The Balaban J connectivity index is 1.22. The minimum absolute atomic E-state index is 0.0917. The molecule has 0 bridgehead atoms. The topological polar surface area (TPSA) is 81.2 Å². The van der Waals surface area contributed by atoms with E-state index in [0.717, 1.165) is 67.0 Å². The van der Waals surface area contributed by atoms with E-state index in [1.54, 1.807) is 48.5 Å². The maximum absolute atomic E-state index is 14.4. The lowest BCUT2D eigenvalue weighted by atomic mass is 9.93. The van der Waals surface area contributed by atoms with Gasteiger partial charge < -0.3 is 9.13 Å². The number of para-hydroxylation sites is 2. The average Bonchev–Trinajstić information content (AvgIpc) is 3.89. The van der Waals surface area contributed by atoms with Gasteiger partial charge in [0.25, 0.3) is 0 Å². The number of rotatable bonds is 6. The number of fused-ring (bicyclic) bond motifs is 6. The highest BCUT2D eigenvalue weighted by molar-refractivity contribution is 6.13. The number of nitrogens with zero attached hydrogens (tertiary/aromatic N) is 5. The van der Waals surface area contributed by atoms with Gasteiger partial charge in [0.2, 0.25) is 0 Å². The summed E-state index contributed by atoms with van der Waals surface area (Å²) in [6, 6.07) is 60.2. The van der Waals surface area contributed by atoms with Crippen LogP contribution in [0.25, 0.3) is 99.5 Å². The van der Waals surface area contributed by atoms with Crippen LogP contribution in [0.4, 0.5) is 26.3 Å². The van der Waals surface area contributed by atoms with Crippen molar-refractivity contribution in [3.8, 4) is 74.1 Å². The van der Waals surface area contributed by atoms with Gasteiger partial charge in [0, 0.05) is 32.7 Å². The van der Waals surface area contributed by atoms with Crippen LogP contribution < -0.4 is 0 Å². The van der Waals surface area contributed by atoms with Crippen molar-refractivity contribution in [2.24, 2.45) is 0 Å². The van der Waals surface area contributed by atoms with Crippen molar-refractivity contribution in [3.63, 3.8) is 0 Å². The van der Waals surface area contributed by atoms with Gasteiger partial charge in [0.05, 0.1) is 79.5 Å². The molecule has 11 rings (SSSR count). The SMILES string of the molecule is N#Cc1cccc(-c2ccc3c(c2)c2ccccc2n3-c2ccc(C#N)cc2-c2ccc(-c3cc(C(F)(F)F)cc(C(F)(F)F)c3)cc2-n2c3ccccc3c3cc(-c4cccc(C#N)c4)ccc32)c1. The normalized spacial score (nSPS) is 11.8. The van der Waals surface area contributed by atoms with E-state index >= 15 is 0 Å². The summed E-state index contributed by atoms with van der Waals surface area (Å²) in [4.78, 5) is 0. The van der Waals surface area contributed by atoms with Crippen molar-refractivity contribution in [3.05, 3.63) is 216 Å². The summed E-state index contributed by atoms with van der Waals surface area (Å²) in [7, 11) is 0. The second-order valence-electron chi connectivity index (χ2n) is 16.9. The molecule has 11 aromatic rings. The average molecular weight is 924 g/mol. The number of hydrogen-bond acceptors (Lipinski definition) is 3. The van der Waals surface area contributed by atoms with E-state index in [2.05, 4.69) is 28.8 Å². The first-order chi connectivity index (χ1) is 33.8. The smallest absolute Gasteiger partial charge is 0.309 e. The second kappa shape index (κ2) is 16.4. The number of benzene rings is 9. The van der Waals surface area contributed by atoms with Crippen molar-refractivity contribution in [1.82, 2.24) is 9.13 Å². The maximum Gasteiger partial charge on any atom is 0.416 e. The molecule has 334 valence electrons. The monoisotopic (exact) mass is 923 g/mol. The largest absolute Gasteiger partial charge is 0.416 e. The summed E-state index contributed by atoms with van der Waals surface area (Å²) in [5, 5.41) is 33.2. The van der Waals surface area contributed by atoms with Crippen molar-refractivity contribution in [2.45, 2.75) is 12.4 Å². The van der Waals surface area contributed by atoms with Crippen LogP contribution in [-0.2, 0) is 12.4 Å². The predicted molar refractivity (Wildman–Crippen MR) is 261 cm³/mol. The van der Waals surface area contributed by atoms with E-state index in [9.17, 15) is 42.1 Å². The molecule has 0 atom stereocenters. The lowest BCUT2D eigenvalue weighted by Crippen LogP contribution is -2.11. The fourth-order valence-corrected chi connectivity index (χ4v) is 9.62. The summed E-state index contributed by atoms with van der Waals surface area (Å²) in [6.45, 7) is 0. The Morgan fingerprint density at radius 2 is 0.757 bits per heavy atom. The lowest BCUT2D eigenvalue weighted by Gasteiger charge is -2.21. The molecule has 9 aromatic carbocycles. The molecular formula is C59H31F6N5. The van der Waals surface area contributed by atoms with Crippen LogP contribution in [0.3, 0.4) is 0 Å². The fraction of sp³-hybridized carbons (Fsp3) is 0.0339. The van der Waals surface area contributed by atoms with Crippen LogP contribution in [-0.4, -0.2) is 9.13 Å². The summed E-state index contributed by atoms with van der Waals surface area (Å²) in [6.07, 6.45) is -10.2. The Morgan fingerprint density at radius 3 is 1.27 bits per heavy atom. The maximum atomic E-state index is 14.4. The van der Waals surface area contributed by atoms with Crippen molar-refractivity contribution in [1.29, 1.82) is 15.8 Å². The molecule has 0 fully saturated rings. The highest BCUT2D eigenvalue weighted by atomic mass is 19.4. The summed E-state index contributed by atoms with van der Waals surface area (Å²) < 4.78 is 90.3.